The highest BCUT2D eigenvalue weighted by molar-refractivity contribution is 6.12. The fourth-order valence-corrected chi connectivity index (χ4v) is 3.06. The largest absolute Gasteiger partial charge is 0.489 e. The van der Waals surface area contributed by atoms with E-state index >= 15 is 0 Å². The van der Waals surface area contributed by atoms with Crippen LogP contribution in [-0.4, -0.2) is 37.3 Å². The lowest BCUT2D eigenvalue weighted by molar-refractivity contribution is 0.153. The molecule has 0 unspecified atom stereocenters. The van der Waals surface area contributed by atoms with Crippen molar-refractivity contribution in [3.05, 3.63) is 59.7 Å². The van der Waals surface area contributed by atoms with Gasteiger partial charge in [-0.25, -0.2) is 4.99 Å². The number of nitrogen functional groups attached to an aromatic ring is 1. The maximum Gasteiger partial charge on any atom is 0.198 e. The fraction of sp³-hybridized carbons (Fsp3) is 0.300. The molecule has 1 atom stereocenters. The molecule has 6 heteroatoms. The number of nitrogens with two attached hydrogens (primary N) is 1. The number of amidine groups is 1. The van der Waals surface area contributed by atoms with Crippen molar-refractivity contribution >= 4 is 17.2 Å². The van der Waals surface area contributed by atoms with Crippen LogP contribution in [0.2, 0.25) is 0 Å². The third-order valence-electron chi connectivity index (χ3n) is 4.50. The monoisotopic (exact) mass is 350 g/mol. The van der Waals surface area contributed by atoms with Crippen molar-refractivity contribution < 1.29 is 9.57 Å². The van der Waals surface area contributed by atoms with Gasteiger partial charge in [-0.1, -0.05) is 17.3 Å². The van der Waals surface area contributed by atoms with Crippen molar-refractivity contribution in [1.82, 2.24) is 5.32 Å². The lowest BCUT2D eigenvalue weighted by atomic mass is 10.1. The van der Waals surface area contributed by atoms with Gasteiger partial charge in [0.2, 0.25) is 0 Å². The molecule has 1 fully saturated rings. The first-order valence-corrected chi connectivity index (χ1v) is 8.89. The third kappa shape index (κ3) is 3.86. The molecule has 134 valence electrons. The number of nitrogens with one attached hydrogen (secondary N) is 1. The Bertz CT molecular complexity index is 807. The first-order chi connectivity index (χ1) is 12.8. The van der Waals surface area contributed by atoms with E-state index in [0.717, 1.165) is 47.8 Å². The summed E-state index contributed by atoms with van der Waals surface area (Å²) in [4.78, 5) is 10.1. The lowest BCUT2D eigenvalue weighted by Gasteiger charge is -2.12. The maximum atomic E-state index is 5.96. The van der Waals surface area contributed by atoms with E-state index in [9.17, 15) is 0 Å². The van der Waals surface area contributed by atoms with Crippen LogP contribution < -0.4 is 15.8 Å². The highest BCUT2D eigenvalue weighted by Gasteiger charge is 2.16. The Morgan fingerprint density at radius 1 is 1.04 bits per heavy atom. The van der Waals surface area contributed by atoms with Gasteiger partial charge in [-0.05, 0) is 54.9 Å². The zero-order chi connectivity index (χ0) is 17.8. The third-order valence-corrected chi connectivity index (χ3v) is 4.50. The number of aliphatic imine (C=N–C) groups is 1. The smallest absolute Gasteiger partial charge is 0.198 e. The number of hydrogen-bond donors (Lipinski definition) is 2. The van der Waals surface area contributed by atoms with Crippen LogP contribution in [0.3, 0.4) is 0 Å². The molecule has 3 N–H and O–H groups in total. The summed E-state index contributed by atoms with van der Waals surface area (Å²) in [6.07, 6.45) is 1.99. The van der Waals surface area contributed by atoms with Gasteiger partial charge in [0.15, 0.2) is 5.84 Å². The van der Waals surface area contributed by atoms with Gasteiger partial charge in [-0.2, -0.15) is 0 Å². The van der Waals surface area contributed by atoms with E-state index in [1.165, 1.54) is 0 Å². The Morgan fingerprint density at radius 2 is 1.81 bits per heavy atom. The second-order valence-electron chi connectivity index (χ2n) is 6.44. The minimum Gasteiger partial charge on any atom is -0.489 e. The predicted octanol–water partition coefficient (Wildman–Crippen LogP) is 2.58. The molecule has 0 spiro atoms. The van der Waals surface area contributed by atoms with Crippen LogP contribution in [-0.2, 0) is 4.84 Å². The van der Waals surface area contributed by atoms with Gasteiger partial charge in [-0.15, -0.1) is 0 Å². The molecule has 0 radical (unpaired) electrons. The second-order valence-corrected chi connectivity index (χ2v) is 6.44. The summed E-state index contributed by atoms with van der Waals surface area (Å²) in [5.74, 6) is 1.43. The van der Waals surface area contributed by atoms with E-state index in [0.29, 0.717) is 18.9 Å². The summed E-state index contributed by atoms with van der Waals surface area (Å²) in [5, 5.41) is 7.47. The van der Waals surface area contributed by atoms with Crippen molar-refractivity contribution in [1.29, 1.82) is 0 Å². The zero-order valence-electron chi connectivity index (χ0n) is 14.5. The van der Waals surface area contributed by atoms with Crippen LogP contribution in [0.25, 0.3) is 0 Å². The molecule has 2 aliphatic rings. The average Bonchev–Trinajstić information content (AvgIpc) is 3.05. The van der Waals surface area contributed by atoms with Gasteiger partial charge in [-0.3, -0.25) is 0 Å². The Kier molecular flexibility index (Phi) is 4.84. The SMILES string of the molecule is Nc1ccc(C2=NC(c3ccc(O[C@@H]4CCNC4)cc3)=NOCC2)cc1. The van der Waals surface area contributed by atoms with Crippen LogP contribution in [0.1, 0.15) is 24.0 Å². The number of ether oxygens (including phenoxy) is 1. The van der Waals surface area contributed by atoms with Crippen molar-refractivity contribution in [2.24, 2.45) is 10.1 Å². The number of rotatable bonds is 4. The molecule has 26 heavy (non-hydrogen) atoms. The van der Waals surface area contributed by atoms with Crippen LogP contribution in [0, 0.1) is 0 Å². The van der Waals surface area contributed by atoms with Gasteiger partial charge >= 0.3 is 0 Å². The number of nitrogens with zero attached hydrogens (tertiary/aromatic N) is 2. The van der Waals surface area contributed by atoms with Crippen LogP contribution >= 0.6 is 0 Å². The lowest BCUT2D eigenvalue weighted by Crippen LogP contribution is -2.19. The van der Waals surface area contributed by atoms with Gasteiger partial charge in [0, 0.05) is 24.2 Å². The minimum atomic E-state index is 0.245. The molecule has 0 amide bonds. The summed E-state index contributed by atoms with van der Waals surface area (Å²) in [6, 6.07) is 15.6. The predicted molar refractivity (Wildman–Crippen MR) is 103 cm³/mol. The fourth-order valence-electron chi connectivity index (χ4n) is 3.06. The van der Waals surface area contributed by atoms with Gasteiger partial charge < -0.3 is 20.6 Å². The average molecular weight is 350 g/mol. The number of oxime groups is 1. The van der Waals surface area contributed by atoms with E-state index in [1.54, 1.807) is 0 Å². The number of hydrogen-bond acceptors (Lipinski definition) is 6. The molecule has 2 aromatic rings. The van der Waals surface area contributed by atoms with E-state index in [-0.39, 0.29) is 6.10 Å². The van der Waals surface area contributed by atoms with E-state index in [1.807, 2.05) is 48.5 Å². The molecule has 4 rings (SSSR count). The standard InChI is InChI=1S/C20H22N4O2/c21-16-5-1-14(2-6-16)19-10-12-25-24-20(23-19)15-3-7-17(8-4-15)26-18-9-11-22-13-18/h1-8,18,22H,9-13,21H2/t18-/m1/s1. The molecule has 0 bridgehead atoms. The Balaban J connectivity index is 1.53. The van der Waals surface area contributed by atoms with Gasteiger partial charge in [0.25, 0.3) is 0 Å². The minimum absolute atomic E-state index is 0.245. The molecule has 0 aliphatic carbocycles. The maximum absolute atomic E-state index is 5.96. The van der Waals surface area contributed by atoms with Crippen molar-refractivity contribution in [3.63, 3.8) is 0 Å². The number of benzene rings is 2. The molecule has 0 saturated carbocycles. The summed E-state index contributed by atoms with van der Waals surface area (Å²) >= 11 is 0. The van der Waals surface area contributed by atoms with E-state index in [2.05, 4.69) is 10.5 Å². The van der Waals surface area contributed by atoms with Crippen LogP contribution in [0.5, 0.6) is 5.75 Å². The Hall–Kier alpha value is -2.86. The summed E-state index contributed by atoms with van der Waals surface area (Å²) in [7, 11) is 0. The molecule has 2 aliphatic heterocycles. The van der Waals surface area contributed by atoms with Crippen molar-refractivity contribution in [2.75, 3.05) is 25.4 Å². The molecule has 2 aromatic carbocycles. The van der Waals surface area contributed by atoms with Gasteiger partial charge in [0.1, 0.15) is 18.5 Å². The summed E-state index contributed by atoms with van der Waals surface area (Å²) in [5.41, 5.74) is 9.39. The quantitative estimate of drug-likeness (QED) is 0.831. The molecule has 1 saturated heterocycles. The normalized spacial score (nSPS) is 19.9. The van der Waals surface area contributed by atoms with Crippen molar-refractivity contribution in [2.45, 2.75) is 18.9 Å². The first-order valence-electron chi connectivity index (χ1n) is 8.89. The summed E-state index contributed by atoms with van der Waals surface area (Å²) in [6.45, 7) is 2.42. The Labute approximate surface area is 152 Å². The summed E-state index contributed by atoms with van der Waals surface area (Å²) < 4.78 is 5.96. The van der Waals surface area contributed by atoms with E-state index in [4.69, 9.17) is 20.3 Å². The Morgan fingerprint density at radius 3 is 2.54 bits per heavy atom. The molecular weight excluding hydrogens is 328 g/mol. The topological polar surface area (TPSA) is 81.2 Å². The zero-order valence-corrected chi connectivity index (χ0v) is 14.5. The molecule has 6 nitrogen and oxygen atoms in total. The van der Waals surface area contributed by atoms with E-state index < -0.39 is 0 Å². The molecule has 0 aromatic heterocycles. The second kappa shape index (κ2) is 7.58. The molecular formula is C20H22N4O2. The number of anilines is 1. The molecule has 2 heterocycles. The van der Waals surface area contributed by atoms with Crippen molar-refractivity contribution in [3.8, 4) is 5.75 Å². The highest BCUT2D eigenvalue weighted by Crippen LogP contribution is 2.19. The van der Waals surface area contributed by atoms with Crippen LogP contribution in [0.15, 0.2) is 58.7 Å². The highest BCUT2D eigenvalue weighted by atomic mass is 16.6. The first kappa shape index (κ1) is 16.6. The van der Waals surface area contributed by atoms with Crippen LogP contribution in [0.4, 0.5) is 5.69 Å². The van der Waals surface area contributed by atoms with Gasteiger partial charge in [0.05, 0.1) is 5.71 Å².